The minimum Gasteiger partial charge on any atom is -0.384 e. The van der Waals surface area contributed by atoms with Crippen LogP contribution < -0.4 is 10.6 Å². The molecular formula is C19H29N3O3S. The number of piperidine rings is 1. The van der Waals surface area contributed by atoms with Gasteiger partial charge in [0.05, 0.1) is 6.61 Å². The van der Waals surface area contributed by atoms with Crippen LogP contribution in [0.25, 0.3) is 0 Å². The zero-order valence-electron chi connectivity index (χ0n) is 15.5. The van der Waals surface area contributed by atoms with Gasteiger partial charge in [0.1, 0.15) is 0 Å². The number of nitrogens with one attached hydrogen (secondary N) is 2. The summed E-state index contributed by atoms with van der Waals surface area (Å²) in [4.78, 5) is 27.9. The Kier molecular flexibility index (Phi) is 6.67. The van der Waals surface area contributed by atoms with Crippen molar-refractivity contribution in [2.75, 3.05) is 39.9 Å². The molecule has 2 amide bonds. The summed E-state index contributed by atoms with van der Waals surface area (Å²) in [7, 11) is 1.71. The molecule has 0 spiro atoms. The molecule has 0 atom stereocenters. The fourth-order valence-corrected chi connectivity index (χ4v) is 4.74. The maximum absolute atomic E-state index is 12.4. The molecule has 2 N–H and O–H groups in total. The van der Waals surface area contributed by atoms with Gasteiger partial charge in [-0.1, -0.05) is 0 Å². The van der Waals surface area contributed by atoms with Crippen molar-refractivity contribution in [2.24, 2.45) is 5.41 Å². The molecular weight excluding hydrogens is 350 g/mol. The second-order valence-electron chi connectivity index (χ2n) is 7.39. The first-order valence-electron chi connectivity index (χ1n) is 9.41. The summed E-state index contributed by atoms with van der Waals surface area (Å²) in [5, 5.41) is 8.47. The molecule has 144 valence electrons. The average Bonchev–Trinajstić information content (AvgIpc) is 3.13. The number of hydrogen-bond acceptors (Lipinski definition) is 5. The van der Waals surface area contributed by atoms with Gasteiger partial charge in [0, 0.05) is 49.9 Å². The van der Waals surface area contributed by atoms with Crippen molar-refractivity contribution in [3.05, 3.63) is 21.9 Å². The highest BCUT2D eigenvalue weighted by molar-refractivity contribution is 7.10. The zero-order valence-corrected chi connectivity index (χ0v) is 16.3. The van der Waals surface area contributed by atoms with Crippen molar-refractivity contribution < 1.29 is 14.3 Å². The molecule has 0 aliphatic carbocycles. The largest absolute Gasteiger partial charge is 0.384 e. The number of rotatable bonds is 7. The molecule has 3 heterocycles. The van der Waals surface area contributed by atoms with Crippen LogP contribution in [-0.4, -0.2) is 56.6 Å². The lowest BCUT2D eigenvalue weighted by Crippen LogP contribution is -2.47. The predicted octanol–water partition coefficient (Wildman–Crippen LogP) is 1.55. The molecule has 1 aromatic rings. The Hall–Kier alpha value is -1.44. The van der Waals surface area contributed by atoms with Gasteiger partial charge in [-0.2, -0.15) is 0 Å². The number of ether oxygens (including phenoxy) is 1. The minimum absolute atomic E-state index is 0.0158. The molecule has 2 aliphatic rings. The molecule has 0 aromatic carbocycles. The maximum atomic E-state index is 12.4. The van der Waals surface area contributed by atoms with Gasteiger partial charge < -0.3 is 20.3 Å². The van der Waals surface area contributed by atoms with Crippen LogP contribution in [0.1, 0.15) is 36.1 Å². The van der Waals surface area contributed by atoms with Crippen molar-refractivity contribution in [1.82, 2.24) is 15.5 Å². The van der Waals surface area contributed by atoms with E-state index in [0.29, 0.717) is 19.7 Å². The van der Waals surface area contributed by atoms with Crippen molar-refractivity contribution >= 4 is 23.2 Å². The van der Waals surface area contributed by atoms with Crippen molar-refractivity contribution in [3.8, 4) is 0 Å². The number of carbonyl (C=O) groups is 2. The molecule has 0 bridgehead atoms. The lowest BCUT2D eigenvalue weighted by Gasteiger charge is -2.37. The average molecular weight is 380 g/mol. The summed E-state index contributed by atoms with van der Waals surface area (Å²) in [5.41, 5.74) is 1.27. The summed E-state index contributed by atoms with van der Waals surface area (Å²) in [5.74, 6) is 0.0334. The highest BCUT2D eigenvalue weighted by Gasteiger charge is 2.32. The van der Waals surface area contributed by atoms with Gasteiger partial charge in [0.15, 0.2) is 0 Å². The lowest BCUT2D eigenvalue weighted by molar-refractivity contribution is -0.134. The van der Waals surface area contributed by atoms with E-state index in [1.54, 1.807) is 18.4 Å². The van der Waals surface area contributed by atoms with Crippen LogP contribution in [0.2, 0.25) is 0 Å². The Morgan fingerprint density at radius 1 is 1.35 bits per heavy atom. The van der Waals surface area contributed by atoms with Gasteiger partial charge in [-0.25, -0.2) is 0 Å². The molecule has 3 rings (SSSR count). The lowest BCUT2D eigenvalue weighted by atomic mass is 9.79. The number of fused-ring (bicyclic) bond motifs is 1. The van der Waals surface area contributed by atoms with Gasteiger partial charge in [-0.05, 0) is 49.4 Å². The Labute approximate surface area is 159 Å². The van der Waals surface area contributed by atoms with E-state index in [2.05, 4.69) is 22.1 Å². The van der Waals surface area contributed by atoms with Crippen LogP contribution in [0.3, 0.4) is 0 Å². The van der Waals surface area contributed by atoms with Crippen molar-refractivity contribution in [1.29, 1.82) is 0 Å². The third kappa shape index (κ3) is 4.84. The first kappa shape index (κ1) is 19.3. The Balaban J connectivity index is 1.41. The fourth-order valence-electron chi connectivity index (χ4n) is 3.85. The Morgan fingerprint density at radius 3 is 2.92 bits per heavy atom. The van der Waals surface area contributed by atoms with E-state index in [4.69, 9.17) is 4.74 Å². The van der Waals surface area contributed by atoms with Crippen molar-refractivity contribution in [3.63, 3.8) is 0 Å². The first-order chi connectivity index (χ1) is 12.6. The molecule has 6 nitrogen and oxygen atoms in total. The molecule has 1 saturated heterocycles. The molecule has 0 radical (unpaired) electrons. The molecule has 2 aliphatic heterocycles. The maximum Gasteiger partial charge on any atom is 0.223 e. The van der Waals surface area contributed by atoms with Crippen LogP contribution in [0, 0.1) is 5.41 Å². The number of hydrogen-bond donors (Lipinski definition) is 2. The fraction of sp³-hybridized carbons (Fsp3) is 0.684. The Bertz CT molecular complexity index is 620. The second kappa shape index (κ2) is 8.97. The molecule has 1 fully saturated rings. The smallest absolute Gasteiger partial charge is 0.223 e. The van der Waals surface area contributed by atoms with E-state index < -0.39 is 0 Å². The SMILES string of the molecule is COCC1(CNC(=O)CCC(=O)N2CCc3sccc3C2)CCNCC1. The highest BCUT2D eigenvalue weighted by atomic mass is 32.1. The van der Waals surface area contributed by atoms with E-state index in [1.165, 1.54) is 10.4 Å². The topological polar surface area (TPSA) is 70.7 Å². The van der Waals surface area contributed by atoms with Gasteiger partial charge in [0.2, 0.25) is 11.8 Å². The van der Waals surface area contributed by atoms with E-state index in [1.807, 2.05) is 4.90 Å². The Morgan fingerprint density at radius 2 is 2.15 bits per heavy atom. The minimum atomic E-state index is -0.0411. The summed E-state index contributed by atoms with van der Waals surface area (Å²) in [6.45, 7) is 4.64. The molecule has 0 unspecified atom stereocenters. The monoisotopic (exact) mass is 379 g/mol. The standard InChI is InChI=1S/C19H29N3O3S/c1-25-14-19(6-8-20-9-7-19)13-21-17(23)2-3-18(24)22-10-4-16-15(12-22)5-11-26-16/h5,11,20H,2-4,6-10,12-14H2,1H3,(H,21,23). The van der Waals surface area contributed by atoms with Crippen molar-refractivity contribution in [2.45, 2.75) is 38.6 Å². The second-order valence-corrected chi connectivity index (χ2v) is 8.39. The summed E-state index contributed by atoms with van der Waals surface area (Å²) < 4.78 is 5.38. The quantitative estimate of drug-likeness (QED) is 0.754. The van der Waals surface area contributed by atoms with Crippen LogP contribution >= 0.6 is 11.3 Å². The molecule has 0 saturated carbocycles. The number of methoxy groups -OCH3 is 1. The molecule has 26 heavy (non-hydrogen) atoms. The van der Waals surface area contributed by atoms with Gasteiger partial charge in [-0.15, -0.1) is 11.3 Å². The number of nitrogens with zero attached hydrogens (tertiary/aromatic N) is 1. The first-order valence-corrected chi connectivity index (χ1v) is 10.3. The number of amides is 2. The van der Waals surface area contributed by atoms with Gasteiger partial charge >= 0.3 is 0 Å². The molecule has 7 heteroatoms. The van der Waals surface area contributed by atoms with Crippen LogP contribution in [0.5, 0.6) is 0 Å². The van der Waals surface area contributed by atoms with Crippen LogP contribution in [0.15, 0.2) is 11.4 Å². The third-order valence-corrected chi connectivity index (χ3v) is 6.52. The third-order valence-electron chi connectivity index (χ3n) is 5.50. The zero-order chi connectivity index (χ0) is 18.4. The van der Waals surface area contributed by atoms with Crippen LogP contribution in [0.4, 0.5) is 0 Å². The molecule has 1 aromatic heterocycles. The van der Waals surface area contributed by atoms with E-state index in [9.17, 15) is 9.59 Å². The van der Waals surface area contributed by atoms with E-state index in [0.717, 1.165) is 38.9 Å². The van der Waals surface area contributed by atoms with Crippen LogP contribution in [-0.2, 0) is 27.3 Å². The summed E-state index contributed by atoms with van der Waals surface area (Å²) in [6.07, 6.45) is 3.46. The summed E-state index contributed by atoms with van der Waals surface area (Å²) >= 11 is 1.76. The predicted molar refractivity (Wildman–Crippen MR) is 102 cm³/mol. The number of thiophene rings is 1. The van der Waals surface area contributed by atoms with E-state index >= 15 is 0 Å². The number of carbonyl (C=O) groups excluding carboxylic acids is 2. The van der Waals surface area contributed by atoms with Gasteiger partial charge in [-0.3, -0.25) is 9.59 Å². The summed E-state index contributed by atoms with van der Waals surface area (Å²) in [6, 6.07) is 2.10. The van der Waals surface area contributed by atoms with Gasteiger partial charge in [0.25, 0.3) is 0 Å². The highest BCUT2D eigenvalue weighted by Crippen LogP contribution is 2.28. The normalized spacial score (nSPS) is 19.0. The van der Waals surface area contributed by atoms with E-state index in [-0.39, 0.29) is 30.1 Å².